The summed E-state index contributed by atoms with van der Waals surface area (Å²) >= 11 is -1.54. The highest BCUT2D eigenvalue weighted by molar-refractivity contribution is 7.89. The van der Waals surface area contributed by atoms with E-state index in [1.54, 1.807) is 12.1 Å². The van der Waals surface area contributed by atoms with E-state index in [-0.39, 0.29) is 18.8 Å². The summed E-state index contributed by atoms with van der Waals surface area (Å²) in [5.74, 6) is -1.48. The summed E-state index contributed by atoms with van der Waals surface area (Å²) in [6, 6.07) is 8.43. The number of halogens is 3. The molecule has 1 N–H and O–H groups in total. The molecule has 0 amide bonds. The van der Waals surface area contributed by atoms with Crippen molar-refractivity contribution in [1.82, 2.24) is 4.72 Å². The van der Waals surface area contributed by atoms with Crippen LogP contribution in [-0.4, -0.2) is 16.8 Å². The molecule has 0 unspecified atom stereocenters. The van der Waals surface area contributed by atoms with Crippen molar-refractivity contribution in [2.75, 3.05) is 0 Å². The Balaban J connectivity index is 1.93. The fraction of sp³-hybridized carbons (Fsp3) is 0.562. The second-order valence-corrected chi connectivity index (χ2v) is 7.20. The van der Waals surface area contributed by atoms with Crippen molar-refractivity contribution in [2.45, 2.75) is 49.7 Å². The van der Waals surface area contributed by atoms with Crippen LogP contribution in [0.2, 0.25) is 0 Å². The summed E-state index contributed by atoms with van der Waals surface area (Å²) < 4.78 is 53.1. The van der Waals surface area contributed by atoms with E-state index >= 15 is 0 Å². The van der Waals surface area contributed by atoms with E-state index in [2.05, 4.69) is 10.8 Å². The van der Waals surface area contributed by atoms with Gasteiger partial charge in [0.05, 0.1) is 23.3 Å². The zero-order valence-corrected chi connectivity index (χ0v) is 13.6. The Labute approximate surface area is 137 Å². The van der Waals surface area contributed by atoms with Crippen LogP contribution in [0.3, 0.4) is 0 Å². The number of rotatable bonds is 4. The number of alkyl halides is 3. The van der Waals surface area contributed by atoms with Gasteiger partial charge in [-0.15, -0.1) is 4.72 Å². The van der Waals surface area contributed by atoms with E-state index in [0.717, 1.165) is 5.56 Å². The summed E-state index contributed by atoms with van der Waals surface area (Å²) in [7, 11) is 0. The first-order chi connectivity index (χ1) is 10.8. The van der Waals surface area contributed by atoms with Crippen LogP contribution in [0.15, 0.2) is 29.2 Å². The Kier molecular flexibility index (Phi) is 5.95. The van der Waals surface area contributed by atoms with Gasteiger partial charge in [-0.3, -0.25) is 0 Å². The first kappa shape index (κ1) is 18.1. The minimum absolute atomic E-state index is 0.0329. The maximum absolute atomic E-state index is 12.7. The van der Waals surface area contributed by atoms with Gasteiger partial charge in [-0.25, -0.2) is 0 Å². The number of hydrogen-bond donors (Lipinski definition) is 1. The maximum Gasteiger partial charge on any atom is 0.391 e. The highest BCUT2D eigenvalue weighted by atomic mass is 32.2. The highest BCUT2D eigenvalue weighted by Gasteiger charge is 2.43. The molecule has 0 aromatic heterocycles. The van der Waals surface area contributed by atoms with Crippen LogP contribution >= 0.6 is 0 Å². The maximum atomic E-state index is 12.7. The number of hydrogen-bond acceptors (Lipinski definition) is 3. The molecule has 0 aliphatic heterocycles. The number of benzene rings is 1. The molecule has 0 spiro atoms. The Morgan fingerprint density at radius 2 is 1.78 bits per heavy atom. The molecule has 1 saturated carbocycles. The summed E-state index contributed by atoms with van der Waals surface area (Å²) in [6.45, 7) is 1.91. The zero-order chi connectivity index (χ0) is 17.0. The molecule has 0 bridgehead atoms. The number of aryl methyl sites for hydroxylation is 1. The summed E-state index contributed by atoms with van der Waals surface area (Å²) in [5.41, 5.74) is 1.04. The van der Waals surface area contributed by atoms with Crippen LogP contribution in [0, 0.1) is 30.1 Å². The van der Waals surface area contributed by atoms with Crippen molar-refractivity contribution < 1.29 is 17.7 Å². The minimum atomic E-state index is -4.16. The standard InChI is InChI=1S/C16H19F3N2OS/c1-11-2-8-14(9-3-11)23(22)21-15(10-20)12-4-6-13(7-5-12)16(17,18)19/h2-3,8-9,12-13,15,21H,4-7H2,1H3/t12?,13?,15-,23-/m1/s1. The fourth-order valence-electron chi connectivity index (χ4n) is 2.85. The average Bonchev–Trinajstić information content (AvgIpc) is 2.52. The van der Waals surface area contributed by atoms with Crippen LogP contribution in [0.4, 0.5) is 13.2 Å². The van der Waals surface area contributed by atoms with Crippen molar-refractivity contribution >= 4 is 11.4 Å². The van der Waals surface area contributed by atoms with Crippen molar-refractivity contribution in [2.24, 2.45) is 11.8 Å². The molecule has 0 saturated heterocycles. The Bertz CT molecular complexity index is 548. The molecule has 1 fully saturated rings. The predicted molar refractivity (Wildman–Crippen MR) is 81.6 cm³/mol. The SMILES string of the molecule is Cc1ccc([S@@+]([O-])N[C@H](C#N)C2CCC(C(F)(F)F)CC2)cc1. The lowest BCUT2D eigenvalue weighted by Gasteiger charge is -2.32. The topological polar surface area (TPSA) is 58.9 Å². The summed E-state index contributed by atoms with van der Waals surface area (Å²) in [4.78, 5) is 0.555. The van der Waals surface area contributed by atoms with Gasteiger partial charge in [0.15, 0.2) is 4.90 Å². The van der Waals surface area contributed by atoms with E-state index in [0.29, 0.717) is 17.7 Å². The van der Waals surface area contributed by atoms with Gasteiger partial charge in [0.2, 0.25) is 0 Å². The fourth-order valence-corrected chi connectivity index (χ4v) is 3.85. The summed E-state index contributed by atoms with van der Waals surface area (Å²) in [6.07, 6.45) is -3.46. The molecule has 1 aliphatic carbocycles. The van der Waals surface area contributed by atoms with Gasteiger partial charge in [-0.1, -0.05) is 17.7 Å². The van der Waals surface area contributed by atoms with Gasteiger partial charge in [0.1, 0.15) is 6.04 Å². The van der Waals surface area contributed by atoms with Gasteiger partial charge < -0.3 is 4.55 Å². The van der Waals surface area contributed by atoms with Crippen LogP contribution < -0.4 is 4.72 Å². The molecule has 1 aromatic carbocycles. The average molecular weight is 344 g/mol. The lowest BCUT2D eigenvalue weighted by Crippen LogP contribution is -2.41. The Morgan fingerprint density at radius 1 is 1.22 bits per heavy atom. The van der Waals surface area contributed by atoms with Crippen molar-refractivity contribution in [3.05, 3.63) is 29.8 Å². The normalized spacial score (nSPS) is 24.7. The molecule has 3 nitrogen and oxygen atoms in total. The monoisotopic (exact) mass is 344 g/mol. The molecule has 7 heteroatoms. The lowest BCUT2D eigenvalue weighted by molar-refractivity contribution is -0.184. The van der Waals surface area contributed by atoms with Gasteiger partial charge in [-0.2, -0.15) is 18.4 Å². The first-order valence-electron chi connectivity index (χ1n) is 7.52. The van der Waals surface area contributed by atoms with Gasteiger partial charge in [0, 0.05) is 0 Å². The molecule has 126 valence electrons. The van der Waals surface area contributed by atoms with E-state index in [1.165, 1.54) is 0 Å². The molecular formula is C16H19F3N2OS. The van der Waals surface area contributed by atoms with E-state index in [9.17, 15) is 23.0 Å². The molecule has 0 radical (unpaired) electrons. The molecule has 2 rings (SSSR count). The van der Waals surface area contributed by atoms with Crippen LogP contribution in [0.1, 0.15) is 31.2 Å². The quantitative estimate of drug-likeness (QED) is 0.844. The number of nitrogens with zero attached hydrogens (tertiary/aromatic N) is 1. The van der Waals surface area contributed by atoms with Crippen LogP contribution in [0.25, 0.3) is 0 Å². The van der Waals surface area contributed by atoms with E-state index in [4.69, 9.17) is 0 Å². The second kappa shape index (κ2) is 7.56. The predicted octanol–water partition coefficient (Wildman–Crippen LogP) is 3.87. The third-order valence-electron chi connectivity index (χ3n) is 4.31. The van der Waals surface area contributed by atoms with Crippen LogP contribution in [-0.2, 0) is 11.4 Å². The number of nitriles is 1. The number of nitrogens with one attached hydrogen (secondary N) is 1. The van der Waals surface area contributed by atoms with Crippen molar-refractivity contribution in [3.8, 4) is 6.07 Å². The molecular weight excluding hydrogens is 325 g/mol. The van der Waals surface area contributed by atoms with Gasteiger partial charge in [0.25, 0.3) is 0 Å². The largest absolute Gasteiger partial charge is 0.593 e. The Morgan fingerprint density at radius 3 is 2.26 bits per heavy atom. The smallest absolute Gasteiger partial charge is 0.391 e. The molecule has 1 aliphatic rings. The minimum Gasteiger partial charge on any atom is -0.593 e. The third-order valence-corrected chi connectivity index (χ3v) is 5.48. The van der Waals surface area contributed by atoms with Crippen molar-refractivity contribution in [3.63, 3.8) is 0 Å². The van der Waals surface area contributed by atoms with E-state index < -0.39 is 29.5 Å². The summed E-state index contributed by atoms with van der Waals surface area (Å²) in [5, 5.41) is 9.27. The molecule has 2 atom stereocenters. The second-order valence-electron chi connectivity index (χ2n) is 5.96. The van der Waals surface area contributed by atoms with Gasteiger partial charge >= 0.3 is 6.18 Å². The van der Waals surface area contributed by atoms with Crippen LogP contribution in [0.5, 0.6) is 0 Å². The van der Waals surface area contributed by atoms with E-state index in [1.807, 2.05) is 19.1 Å². The molecule has 1 aromatic rings. The third kappa shape index (κ3) is 4.87. The Hall–Kier alpha value is -1.23. The first-order valence-corrected chi connectivity index (χ1v) is 8.67. The molecule has 23 heavy (non-hydrogen) atoms. The highest BCUT2D eigenvalue weighted by Crippen LogP contribution is 2.40. The lowest BCUT2D eigenvalue weighted by atomic mass is 9.79. The van der Waals surface area contributed by atoms with Gasteiger partial charge in [-0.05, 0) is 50.7 Å². The van der Waals surface area contributed by atoms with Crippen molar-refractivity contribution in [1.29, 1.82) is 5.26 Å². The molecule has 0 heterocycles. The zero-order valence-electron chi connectivity index (χ0n) is 12.8.